The zero-order valence-electron chi connectivity index (χ0n) is 17.2. The van der Waals surface area contributed by atoms with Crippen LogP contribution in [0.25, 0.3) is 0 Å². The third-order valence-corrected chi connectivity index (χ3v) is 4.97. The average molecular weight is 419 g/mol. The zero-order chi connectivity index (χ0) is 21.0. The maximum absolute atomic E-state index is 12.7. The standard InChI is InChI=1S/C22H27ClN2O4/c1-5-28-21-19(23)10-16(11-20(21)27-4)22(26)24-17-6-8-18(9-7-17)25-12-14(2)29-15(3)13-25/h6-11,14-15H,5,12-13H2,1-4H3,(H,24,26). The number of rotatable bonds is 6. The molecule has 0 bridgehead atoms. The van der Waals surface area contributed by atoms with E-state index in [1.54, 1.807) is 12.1 Å². The molecule has 2 aromatic rings. The van der Waals surface area contributed by atoms with Gasteiger partial charge in [-0.25, -0.2) is 0 Å². The number of benzene rings is 2. The molecule has 0 aromatic heterocycles. The Morgan fingerprint density at radius 2 is 1.86 bits per heavy atom. The number of carbonyl (C=O) groups is 1. The van der Waals surface area contributed by atoms with Crippen LogP contribution in [-0.4, -0.2) is 44.9 Å². The Hall–Kier alpha value is -2.44. The van der Waals surface area contributed by atoms with Crippen LogP contribution in [0, 0.1) is 0 Å². The number of anilines is 2. The number of methoxy groups -OCH3 is 1. The molecule has 1 N–H and O–H groups in total. The molecular formula is C22H27ClN2O4. The fourth-order valence-electron chi connectivity index (χ4n) is 3.48. The first-order valence-electron chi connectivity index (χ1n) is 9.73. The predicted octanol–water partition coefficient (Wildman–Crippen LogP) is 4.61. The number of amides is 1. The van der Waals surface area contributed by atoms with Crippen molar-refractivity contribution in [2.45, 2.75) is 33.0 Å². The van der Waals surface area contributed by atoms with Crippen molar-refractivity contribution in [2.75, 3.05) is 37.0 Å². The minimum Gasteiger partial charge on any atom is -0.493 e. The number of nitrogens with zero attached hydrogens (tertiary/aromatic N) is 1. The Kier molecular flexibility index (Phi) is 6.87. The molecule has 2 unspecified atom stereocenters. The second-order valence-corrected chi connectivity index (χ2v) is 7.49. The lowest BCUT2D eigenvalue weighted by Gasteiger charge is -2.36. The Morgan fingerprint density at radius 1 is 1.21 bits per heavy atom. The van der Waals surface area contributed by atoms with Crippen LogP contribution in [0.4, 0.5) is 11.4 Å². The van der Waals surface area contributed by atoms with Crippen molar-refractivity contribution in [3.8, 4) is 11.5 Å². The van der Waals surface area contributed by atoms with E-state index < -0.39 is 0 Å². The summed E-state index contributed by atoms with van der Waals surface area (Å²) >= 11 is 6.27. The summed E-state index contributed by atoms with van der Waals surface area (Å²) in [5, 5.41) is 3.23. The summed E-state index contributed by atoms with van der Waals surface area (Å²) in [7, 11) is 1.52. The number of halogens is 1. The van der Waals surface area contributed by atoms with Gasteiger partial charge >= 0.3 is 0 Å². The van der Waals surface area contributed by atoms with E-state index in [1.165, 1.54) is 7.11 Å². The Labute approximate surface area is 176 Å². The molecule has 1 aliphatic heterocycles. The summed E-state index contributed by atoms with van der Waals surface area (Å²) in [6.45, 7) is 8.16. The SMILES string of the molecule is CCOc1c(Cl)cc(C(=O)Nc2ccc(N3CC(C)OC(C)C3)cc2)cc1OC. The van der Waals surface area contributed by atoms with E-state index in [1.807, 2.05) is 31.2 Å². The smallest absolute Gasteiger partial charge is 0.255 e. The van der Waals surface area contributed by atoms with Gasteiger partial charge in [0, 0.05) is 30.0 Å². The quantitative estimate of drug-likeness (QED) is 0.742. The van der Waals surface area contributed by atoms with Gasteiger partial charge in [0.05, 0.1) is 30.9 Å². The molecule has 1 heterocycles. The van der Waals surface area contributed by atoms with Gasteiger partial charge in [0.2, 0.25) is 0 Å². The Balaban J connectivity index is 1.72. The molecule has 2 aromatic carbocycles. The van der Waals surface area contributed by atoms with Crippen LogP contribution in [0.15, 0.2) is 36.4 Å². The zero-order valence-corrected chi connectivity index (χ0v) is 18.0. The first-order valence-corrected chi connectivity index (χ1v) is 10.1. The average Bonchev–Trinajstić information content (AvgIpc) is 2.69. The maximum Gasteiger partial charge on any atom is 0.255 e. The van der Waals surface area contributed by atoms with Gasteiger partial charge in [-0.15, -0.1) is 0 Å². The number of hydrogen-bond donors (Lipinski definition) is 1. The predicted molar refractivity (Wildman–Crippen MR) is 116 cm³/mol. The highest BCUT2D eigenvalue weighted by atomic mass is 35.5. The second-order valence-electron chi connectivity index (χ2n) is 7.09. The van der Waals surface area contributed by atoms with Crippen LogP contribution < -0.4 is 19.7 Å². The van der Waals surface area contributed by atoms with Gasteiger partial charge in [-0.3, -0.25) is 4.79 Å². The largest absolute Gasteiger partial charge is 0.493 e. The van der Waals surface area contributed by atoms with Crippen LogP contribution in [-0.2, 0) is 4.74 Å². The first-order chi connectivity index (χ1) is 13.9. The highest BCUT2D eigenvalue weighted by molar-refractivity contribution is 6.32. The lowest BCUT2D eigenvalue weighted by Crippen LogP contribution is -2.45. The molecule has 6 nitrogen and oxygen atoms in total. The molecule has 1 fully saturated rings. The van der Waals surface area contributed by atoms with Crippen molar-refractivity contribution < 1.29 is 19.0 Å². The molecule has 156 valence electrons. The Morgan fingerprint density at radius 3 is 2.45 bits per heavy atom. The van der Waals surface area contributed by atoms with E-state index in [0.29, 0.717) is 34.4 Å². The summed E-state index contributed by atoms with van der Waals surface area (Å²) in [5.41, 5.74) is 2.21. The highest BCUT2D eigenvalue weighted by Gasteiger charge is 2.22. The van der Waals surface area contributed by atoms with Crippen molar-refractivity contribution in [1.82, 2.24) is 0 Å². The molecule has 1 aliphatic rings. The van der Waals surface area contributed by atoms with Gasteiger partial charge in [-0.1, -0.05) is 11.6 Å². The van der Waals surface area contributed by atoms with Crippen LogP contribution in [0.3, 0.4) is 0 Å². The fraction of sp³-hybridized carbons (Fsp3) is 0.409. The van der Waals surface area contributed by atoms with Gasteiger partial charge in [0.15, 0.2) is 11.5 Å². The molecule has 0 spiro atoms. The van der Waals surface area contributed by atoms with Crippen molar-refractivity contribution in [2.24, 2.45) is 0 Å². The minimum absolute atomic E-state index is 0.192. The van der Waals surface area contributed by atoms with Crippen LogP contribution in [0.5, 0.6) is 11.5 Å². The lowest BCUT2D eigenvalue weighted by atomic mass is 10.1. The van der Waals surface area contributed by atoms with E-state index >= 15 is 0 Å². The second kappa shape index (κ2) is 9.37. The molecule has 0 radical (unpaired) electrons. The molecule has 3 rings (SSSR count). The Bertz CT molecular complexity index is 847. The normalized spacial score (nSPS) is 19.0. The van der Waals surface area contributed by atoms with Gasteiger partial charge in [0.1, 0.15) is 0 Å². The number of morpholine rings is 1. The fourth-order valence-corrected chi connectivity index (χ4v) is 3.75. The van der Waals surface area contributed by atoms with Gasteiger partial charge in [-0.05, 0) is 57.2 Å². The first kappa shape index (κ1) is 21.3. The number of hydrogen-bond acceptors (Lipinski definition) is 5. The summed E-state index contributed by atoms with van der Waals surface area (Å²) in [6, 6.07) is 11.0. The summed E-state index contributed by atoms with van der Waals surface area (Å²) < 4.78 is 16.6. The number of carbonyl (C=O) groups excluding carboxylic acids is 1. The van der Waals surface area contributed by atoms with E-state index in [-0.39, 0.29) is 18.1 Å². The topological polar surface area (TPSA) is 60.0 Å². The van der Waals surface area contributed by atoms with Crippen LogP contribution in [0.2, 0.25) is 5.02 Å². The summed E-state index contributed by atoms with van der Waals surface area (Å²) in [5.74, 6) is 0.594. The van der Waals surface area contributed by atoms with Gasteiger partial charge in [0.25, 0.3) is 5.91 Å². The molecule has 1 saturated heterocycles. The minimum atomic E-state index is -0.269. The molecule has 1 amide bonds. The molecular weight excluding hydrogens is 392 g/mol. The summed E-state index contributed by atoms with van der Waals surface area (Å²) in [6.07, 6.45) is 0.384. The summed E-state index contributed by atoms with van der Waals surface area (Å²) in [4.78, 5) is 15.0. The van der Waals surface area contributed by atoms with Gasteiger partial charge in [-0.2, -0.15) is 0 Å². The molecule has 0 aliphatic carbocycles. The maximum atomic E-state index is 12.7. The molecule has 7 heteroatoms. The van der Waals surface area contributed by atoms with Crippen molar-refractivity contribution in [1.29, 1.82) is 0 Å². The van der Waals surface area contributed by atoms with Crippen molar-refractivity contribution in [3.05, 3.63) is 47.0 Å². The third-order valence-electron chi connectivity index (χ3n) is 4.69. The third kappa shape index (κ3) is 5.14. The number of ether oxygens (including phenoxy) is 3. The van der Waals surface area contributed by atoms with E-state index in [0.717, 1.165) is 18.8 Å². The van der Waals surface area contributed by atoms with Crippen molar-refractivity contribution >= 4 is 28.9 Å². The van der Waals surface area contributed by atoms with Crippen molar-refractivity contribution in [3.63, 3.8) is 0 Å². The van der Waals surface area contributed by atoms with Crippen LogP contribution >= 0.6 is 11.6 Å². The van der Waals surface area contributed by atoms with E-state index in [2.05, 4.69) is 24.1 Å². The highest BCUT2D eigenvalue weighted by Crippen LogP contribution is 2.36. The molecule has 0 saturated carbocycles. The molecule has 2 atom stereocenters. The molecule has 29 heavy (non-hydrogen) atoms. The monoisotopic (exact) mass is 418 g/mol. The lowest BCUT2D eigenvalue weighted by molar-refractivity contribution is -0.00521. The van der Waals surface area contributed by atoms with Gasteiger partial charge < -0.3 is 24.4 Å². The van der Waals surface area contributed by atoms with E-state index in [4.69, 9.17) is 25.8 Å². The van der Waals surface area contributed by atoms with E-state index in [9.17, 15) is 4.79 Å². The van der Waals surface area contributed by atoms with Crippen LogP contribution in [0.1, 0.15) is 31.1 Å². The number of nitrogens with one attached hydrogen (secondary N) is 1.